The molecular weight excluding hydrogens is 320 g/mol. The molecule has 0 radical (unpaired) electrons. The fourth-order valence-electron chi connectivity index (χ4n) is 3.47. The predicted molar refractivity (Wildman–Crippen MR) is 92.7 cm³/mol. The Hall–Kier alpha value is -1.99. The Labute approximate surface area is 148 Å². The van der Waals surface area contributed by atoms with Gasteiger partial charge in [0.15, 0.2) is 0 Å². The fourth-order valence-corrected chi connectivity index (χ4v) is 3.47. The Morgan fingerprint density at radius 2 is 1.96 bits per heavy atom. The van der Waals surface area contributed by atoms with E-state index in [1.807, 2.05) is 17.0 Å². The highest BCUT2D eigenvalue weighted by Crippen LogP contribution is 2.22. The minimum Gasteiger partial charge on any atom is -0.383 e. The van der Waals surface area contributed by atoms with E-state index in [9.17, 15) is 9.59 Å². The number of piperazine rings is 1. The van der Waals surface area contributed by atoms with Crippen LogP contribution in [0.5, 0.6) is 0 Å². The van der Waals surface area contributed by atoms with E-state index in [4.69, 9.17) is 4.74 Å². The second-order valence-electron chi connectivity index (χ2n) is 6.69. The van der Waals surface area contributed by atoms with Crippen LogP contribution in [0.2, 0.25) is 0 Å². The van der Waals surface area contributed by atoms with E-state index < -0.39 is 0 Å². The number of amides is 2. The summed E-state index contributed by atoms with van der Waals surface area (Å²) in [5, 5.41) is 0. The molecule has 136 valence electrons. The first-order valence-electron chi connectivity index (χ1n) is 8.84. The van der Waals surface area contributed by atoms with Crippen LogP contribution < -0.4 is 0 Å². The van der Waals surface area contributed by atoms with Crippen molar-refractivity contribution in [3.63, 3.8) is 0 Å². The zero-order valence-corrected chi connectivity index (χ0v) is 14.8. The molecule has 0 N–H and O–H groups in total. The lowest BCUT2D eigenvalue weighted by molar-refractivity contribution is -0.137. The summed E-state index contributed by atoms with van der Waals surface area (Å²) >= 11 is 0. The largest absolute Gasteiger partial charge is 0.383 e. The highest BCUT2D eigenvalue weighted by Gasteiger charge is 2.37. The highest BCUT2D eigenvalue weighted by atomic mass is 16.5. The number of carbonyl (C=O) groups is 2. The van der Waals surface area contributed by atoms with Gasteiger partial charge in [0.05, 0.1) is 12.5 Å². The molecule has 2 fully saturated rings. The second kappa shape index (κ2) is 8.40. The minimum absolute atomic E-state index is 0.0638. The van der Waals surface area contributed by atoms with Gasteiger partial charge in [-0.25, -0.2) is 0 Å². The molecule has 0 unspecified atom stereocenters. The molecule has 7 heteroatoms. The average molecular weight is 346 g/mol. The maximum absolute atomic E-state index is 12.8. The lowest BCUT2D eigenvalue weighted by Crippen LogP contribution is -2.51. The summed E-state index contributed by atoms with van der Waals surface area (Å²) in [7, 11) is 1.70. The van der Waals surface area contributed by atoms with Crippen LogP contribution in [0, 0.1) is 5.92 Å². The van der Waals surface area contributed by atoms with E-state index in [1.54, 1.807) is 24.4 Å². The van der Waals surface area contributed by atoms with Gasteiger partial charge in [-0.1, -0.05) is 0 Å². The van der Waals surface area contributed by atoms with Gasteiger partial charge >= 0.3 is 0 Å². The van der Waals surface area contributed by atoms with Crippen LogP contribution in [-0.4, -0.2) is 84.5 Å². The normalized spacial score (nSPS) is 21.8. The van der Waals surface area contributed by atoms with Crippen LogP contribution in [0.3, 0.4) is 0 Å². The third kappa shape index (κ3) is 4.55. The van der Waals surface area contributed by atoms with Gasteiger partial charge in [0.1, 0.15) is 0 Å². The first kappa shape index (κ1) is 17.8. The number of pyridine rings is 1. The predicted octanol–water partition coefficient (Wildman–Crippen LogP) is 0.221. The molecule has 1 aromatic rings. The number of hydrogen-bond donors (Lipinski definition) is 0. The summed E-state index contributed by atoms with van der Waals surface area (Å²) in [6.45, 7) is 5.90. The lowest BCUT2D eigenvalue weighted by atomic mass is 10.1. The van der Waals surface area contributed by atoms with Gasteiger partial charge in [0.25, 0.3) is 0 Å². The first-order chi connectivity index (χ1) is 12.2. The van der Waals surface area contributed by atoms with Crippen LogP contribution in [0.1, 0.15) is 12.0 Å². The second-order valence-corrected chi connectivity index (χ2v) is 6.69. The Kier molecular flexibility index (Phi) is 5.99. The summed E-state index contributed by atoms with van der Waals surface area (Å²) in [5.74, 6) is -0.0225. The molecular formula is C18H26N4O3. The topological polar surface area (TPSA) is 66.0 Å². The Bertz CT molecular complexity index is 587. The Morgan fingerprint density at radius 1 is 1.24 bits per heavy atom. The van der Waals surface area contributed by atoms with Gasteiger partial charge in [-0.2, -0.15) is 0 Å². The Morgan fingerprint density at radius 3 is 2.64 bits per heavy atom. The average Bonchev–Trinajstić information content (AvgIpc) is 3.01. The molecule has 1 atom stereocenters. The van der Waals surface area contributed by atoms with Gasteiger partial charge in [-0.3, -0.25) is 19.5 Å². The van der Waals surface area contributed by atoms with Crippen molar-refractivity contribution < 1.29 is 14.3 Å². The zero-order valence-electron chi connectivity index (χ0n) is 14.8. The van der Waals surface area contributed by atoms with E-state index in [-0.39, 0.29) is 17.7 Å². The number of hydrogen-bond acceptors (Lipinski definition) is 5. The smallest absolute Gasteiger partial charge is 0.228 e. The van der Waals surface area contributed by atoms with Crippen molar-refractivity contribution in [2.75, 3.05) is 53.0 Å². The molecule has 0 spiro atoms. The zero-order chi connectivity index (χ0) is 17.6. The van der Waals surface area contributed by atoms with Crippen LogP contribution in [-0.2, 0) is 20.9 Å². The highest BCUT2D eigenvalue weighted by molar-refractivity contribution is 5.89. The number of carbonyl (C=O) groups excluding carboxylic acids is 2. The first-order valence-corrected chi connectivity index (χ1v) is 8.84. The summed E-state index contributed by atoms with van der Waals surface area (Å²) < 4.78 is 5.10. The van der Waals surface area contributed by atoms with E-state index in [2.05, 4.69) is 9.88 Å². The molecule has 3 rings (SSSR count). The third-order valence-electron chi connectivity index (χ3n) is 4.98. The van der Waals surface area contributed by atoms with Gasteiger partial charge < -0.3 is 14.5 Å². The molecule has 0 saturated carbocycles. The van der Waals surface area contributed by atoms with Crippen LogP contribution in [0.15, 0.2) is 24.5 Å². The van der Waals surface area contributed by atoms with Crippen molar-refractivity contribution in [1.82, 2.24) is 19.7 Å². The summed E-state index contributed by atoms with van der Waals surface area (Å²) in [6, 6.07) is 3.81. The van der Waals surface area contributed by atoms with E-state index in [0.717, 1.165) is 44.9 Å². The monoisotopic (exact) mass is 346 g/mol. The fraction of sp³-hybridized carbons (Fsp3) is 0.611. The minimum atomic E-state index is -0.208. The molecule has 7 nitrogen and oxygen atoms in total. The van der Waals surface area contributed by atoms with E-state index >= 15 is 0 Å². The maximum atomic E-state index is 12.8. The molecule has 2 aliphatic heterocycles. The van der Waals surface area contributed by atoms with Crippen molar-refractivity contribution in [2.24, 2.45) is 5.92 Å². The van der Waals surface area contributed by atoms with E-state index in [0.29, 0.717) is 19.5 Å². The number of ether oxygens (including phenoxy) is 1. The molecule has 2 saturated heterocycles. The standard InChI is InChI=1S/C18H26N4O3/c1-25-11-10-20-6-8-21(9-7-20)18(24)16-12-17(23)22(14-16)13-15-2-4-19-5-3-15/h2-5,16H,6-14H2,1H3/t16-/m1/s1. The van der Waals surface area contributed by atoms with Crippen molar-refractivity contribution in [1.29, 1.82) is 0 Å². The van der Waals surface area contributed by atoms with Gasteiger partial charge in [-0.15, -0.1) is 0 Å². The lowest BCUT2D eigenvalue weighted by Gasteiger charge is -2.35. The van der Waals surface area contributed by atoms with Gasteiger partial charge in [0.2, 0.25) is 11.8 Å². The van der Waals surface area contributed by atoms with Crippen LogP contribution in [0.25, 0.3) is 0 Å². The van der Waals surface area contributed by atoms with Crippen molar-refractivity contribution in [3.8, 4) is 0 Å². The third-order valence-corrected chi connectivity index (χ3v) is 4.98. The van der Waals surface area contributed by atoms with Crippen LogP contribution in [0.4, 0.5) is 0 Å². The van der Waals surface area contributed by atoms with Crippen molar-refractivity contribution >= 4 is 11.8 Å². The summed E-state index contributed by atoms with van der Waals surface area (Å²) in [6.07, 6.45) is 3.77. The van der Waals surface area contributed by atoms with Crippen molar-refractivity contribution in [3.05, 3.63) is 30.1 Å². The molecule has 0 bridgehead atoms. The number of methoxy groups -OCH3 is 1. The van der Waals surface area contributed by atoms with Gasteiger partial charge in [-0.05, 0) is 17.7 Å². The number of rotatable bonds is 6. The summed E-state index contributed by atoms with van der Waals surface area (Å²) in [4.78, 5) is 35.0. The molecule has 2 amide bonds. The van der Waals surface area contributed by atoms with Crippen LogP contribution >= 0.6 is 0 Å². The molecule has 3 heterocycles. The quantitative estimate of drug-likeness (QED) is 0.737. The number of likely N-dealkylation sites (tertiary alicyclic amines) is 1. The molecule has 25 heavy (non-hydrogen) atoms. The SMILES string of the molecule is COCCN1CCN(C(=O)[C@@H]2CC(=O)N(Cc3ccncc3)C2)CC1. The number of nitrogens with zero attached hydrogens (tertiary/aromatic N) is 4. The Balaban J connectivity index is 1.49. The van der Waals surface area contributed by atoms with Gasteiger partial charge in [0, 0.05) is 71.7 Å². The molecule has 0 aliphatic carbocycles. The molecule has 1 aromatic heterocycles. The molecule has 0 aromatic carbocycles. The number of aromatic nitrogens is 1. The van der Waals surface area contributed by atoms with Crippen molar-refractivity contribution in [2.45, 2.75) is 13.0 Å². The summed E-state index contributed by atoms with van der Waals surface area (Å²) in [5.41, 5.74) is 1.04. The van der Waals surface area contributed by atoms with E-state index in [1.165, 1.54) is 0 Å². The molecule has 2 aliphatic rings. The maximum Gasteiger partial charge on any atom is 0.228 e.